The summed E-state index contributed by atoms with van der Waals surface area (Å²) in [6.07, 6.45) is 0. The van der Waals surface area contributed by atoms with Gasteiger partial charge in [-0.15, -0.1) is 0 Å². The third kappa shape index (κ3) is 3.08. The van der Waals surface area contributed by atoms with Gasteiger partial charge in [-0.05, 0) is 30.3 Å². The predicted molar refractivity (Wildman–Crippen MR) is 72.9 cm³/mol. The molecule has 19 heavy (non-hydrogen) atoms. The van der Waals surface area contributed by atoms with E-state index in [1.54, 1.807) is 18.2 Å². The first-order valence-corrected chi connectivity index (χ1v) is 6.08. The van der Waals surface area contributed by atoms with Gasteiger partial charge in [-0.3, -0.25) is 4.79 Å². The second-order valence-corrected chi connectivity index (χ2v) is 4.73. The largest absolute Gasteiger partial charge is 0.398 e. The van der Waals surface area contributed by atoms with E-state index in [1.165, 1.54) is 6.07 Å². The highest BCUT2D eigenvalue weighted by atomic mass is 79.9. The summed E-state index contributed by atoms with van der Waals surface area (Å²) in [5.74, 6) is -2.50. The summed E-state index contributed by atoms with van der Waals surface area (Å²) in [5.41, 5.74) is 6.38. The molecule has 1 amide bonds. The molecular formula is C13H9BrF2N2O. The Morgan fingerprint density at radius 1 is 1.11 bits per heavy atom. The number of nitrogens with one attached hydrogen (secondary N) is 1. The zero-order valence-electron chi connectivity index (χ0n) is 9.58. The van der Waals surface area contributed by atoms with Crippen LogP contribution >= 0.6 is 15.9 Å². The fraction of sp³-hybridized carbons (Fsp3) is 0. The molecule has 0 aromatic heterocycles. The molecule has 2 aromatic rings. The van der Waals surface area contributed by atoms with E-state index in [1.807, 2.05) is 0 Å². The summed E-state index contributed by atoms with van der Waals surface area (Å²) in [6, 6.07) is 7.93. The van der Waals surface area contributed by atoms with Gasteiger partial charge in [-0.2, -0.15) is 0 Å². The van der Waals surface area contributed by atoms with Gasteiger partial charge in [0, 0.05) is 21.9 Å². The van der Waals surface area contributed by atoms with Crippen molar-refractivity contribution in [2.75, 3.05) is 11.1 Å². The van der Waals surface area contributed by atoms with Gasteiger partial charge in [0.25, 0.3) is 5.91 Å². The standard InChI is InChI=1S/C13H9BrF2N2O/c14-7-1-4-12(17)9(5-7)13(19)18-8-2-3-10(15)11(16)6-8/h1-6H,17H2,(H,18,19). The van der Waals surface area contributed by atoms with Crippen LogP contribution in [0.2, 0.25) is 0 Å². The van der Waals surface area contributed by atoms with Crippen molar-refractivity contribution < 1.29 is 13.6 Å². The number of carbonyl (C=O) groups excluding carboxylic acids is 1. The minimum absolute atomic E-state index is 0.156. The molecule has 0 aliphatic rings. The molecule has 2 rings (SSSR count). The topological polar surface area (TPSA) is 55.1 Å². The first-order valence-electron chi connectivity index (χ1n) is 5.29. The molecule has 0 saturated heterocycles. The molecule has 0 unspecified atom stereocenters. The Morgan fingerprint density at radius 2 is 1.84 bits per heavy atom. The molecule has 0 spiro atoms. The van der Waals surface area contributed by atoms with Crippen LogP contribution in [0.1, 0.15) is 10.4 Å². The van der Waals surface area contributed by atoms with Crippen LogP contribution in [0.3, 0.4) is 0 Å². The van der Waals surface area contributed by atoms with Crippen LogP contribution in [0.25, 0.3) is 0 Å². The highest BCUT2D eigenvalue weighted by Crippen LogP contribution is 2.20. The predicted octanol–water partition coefficient (Wildman–Crippen LogP) is 3.56. The average Bonchev–Trinajstić information content (AvgIpc) is 2.36. The number of hydrogen-bond acceptors (Lipinski definition) is 2. The number of rotatable bonds is 2. The van der Waals surface area contributed by atoms with Gasteiger partial charge in [0.15, 0.2) is 11.6 Å². The molecule has 2 aromatic carbocycles. The van der Waals surface area contributed by atoms with Crippen LogP contribution in [0.5, 0.6) is 0 Å². The Labute approximate surface area is 116 Å². The average molecular weight is 327 g/mol. The molecule has 0 saturated carbocycles. The number of hydrogen-bond donors (Lipinski definition) is 2. The first-order chi connectivity index (χ1) is 8.97. The van der Waals surface area contributed by atoms with Crippen molar-refractivity contribution in [3.05, 3.63) is 58.1 Å². The summed E-state index contributed by atoms with van der Waals surface area (Å²) in [5, 5.41) is 2.45. The fourth-order valence-corrected chi connectivity index (χ4v) is 1.86. The van der Waals surface area contributed by atoms with Crippen LogP contribution in [0.15, 0.2) is 40.9 Å². The number of anilines is 2. The molecule has 0 atom stereocenters. The number of amides is 1. The molecular weight excluding hydrogens is 318 g/mol. The van der Waals surface area contributed by atoms with E-state index in [0.717, 1.165) is 12.1 Å². The van der Waals surface area contributed by atoms with Gasteiger partial charge in [-0.1, -0.05) is 15.9 Å². The molecule has 0 aliphatic carbocycles. The van der Waals surface area contributed by atoms with Gasteiger partial charge < -0.3 is 11.1 Å². The maximum absolute atomic E-state index is 13.0. The molecule has 0 bridgehead atoms. The molecule has 98 valence electrons. The normalized spacial score (nSPS) is 10.3. The zero-order valence-corrected chi connectivity index (χ0v) is 11.2. The zero-order chi connectivity index (χ0) is 14.0. The van der Waals surface area contributed by atoms with Crippen molar-refractivity contribution in [1.29, 1.82) is 0 Å². The van der Waals surface area contributed by atoms with Crippen LogP contribution in [-0.2, 0) is 0 Å². The Morgan fingerprint density at radius 3 is 2.53 bits per heavy atom. The molecule has 3 nitrogen and oxygen atoms in total. The van der Waals surface area contributed by atoms with Crippen LogP contribution < -0.4 is 11.1 Å². The van der Waals surface area contributed by atoms with Crippen molar-refractivity contribution in [3.8, 4) is 0 Å². The van der Waals surface area contributed by atoms with E-state index in [2.05, 4.69) is 21.2 Å². The van der Waals surface area contributed by atoms with E-state index < -0.39 is 17.5 Å². The number of nitrogen functional groups attached to an aromatic ring is 1. The Hall–Kier alpha value is -1.95. The van der Waals surface area contributed by atoms with Gasteiger partial charge >= 0.3 is 0 Å². The maximum atomic E-state index is 13.0. The first kappa shape index (κ1) is 13.5. The highest BCUT2D eigenvalue weighted by Gasteiger charge is 2.11. The smallest absolute Gasteiger partial charge is 0.257 e. The molecule has 0 radical (unpaired) electrons. The lowest BCUT2D eigenvalue weighted by Gasteiger charge is -2.08. The van der Waals surface area contributed by atoms with E-state index in [9.17, 15) is 13.6 Å². The summed E-state index contributed by atoms with van der Waals surface area (Å²) < 4.78 is 26.5. The quantitative estimate of drug-likeness (QED) is 0.829. The van der Waals surface area contributed by atoms with Gasteiger partial charge in [0.2, 0.25) is 0 Å². The molecule has 0 aliphatic heterocycles. The maximum Gasteiger partial charge on any atom is 0.257 e. The van der Waals surface area contributed by atoms with Gasteiger partial charge in [-0.25, -0.2) is 8.78 Å². The van der Waals surface area contributed by atoms with E-state index in [-0.39, 0.29) is 11.3 Å². The number of nitrogens with two attached hydrogens (primary N) is 1. The van der Waals surface area contributed by atoms with Crippen molar-refractivity contribution in [3.63, 3.8) is 0 Å². The second-order valence-electron chi connectivity index (χ2n) is 3.81. The number of carbonyl (C=O) groups is 1. The lowest BCUT2D eigenvalue weighted by Crippen LogP contribution is -2.14. The SMILES string of the molecule is Nc1ccc(Br)cc1C(=O)Nc1ccc(F)c(F)c1. The van der Waals surface area contributed by atoms with Crippen molar-refractivity contribution in [1.82, 2.24) is 0 Å². The molecule has 3 N–H and O–H groups in total. The van der Waals surface area contributed by atoms with Gasteiger partial charge in [0.05, 0.1) is 5.56 Å². The molecule has 0 heterocycles. The fourth-order valence-electron chi connectivity index (χ4n) is 1.50. The third-order valence-corrected chi connectivity index (χ3v) is 2.93. The van der Waals surface area contributed by atoms with E-state index in [4.69, 9.17) is 5.73 Å². The Bertz CT molecular complexity index is 647. The van der Waals surface area contributed by atoms with Crippen molar-refractivity contribution in [2.24, 2.45) is 0 Å². The lowest BCUT2D eigenvalue weighted by molar-refractivity contribution is 0.102. The molecule has 0 fully saturated rings. The number of benzene rings is 2. The van der Waals surface area contributed by atoms with E-state index in [0.29, 0.717) is 10.2 Å². The second kappa shape index (κ2) is 5.36. The summed E-state index contributed by atoms with van der Waals surface area (Å²) in [6.45, 7) is 0. The number of halogens is 3. The van der Waals surface area contributed by atoms with Crippen LogP contribution in [0.4, 0.5) is 20.2 Å². The van der Waals surface area contributed by atoms with Crippen molar-refractivity contribution in [2.45, 2.75) is 0 Å². The van der Waals surface area contributed by atoms with Crippen LogP contribution in [0, 0.1) is 11.6 Å². The Balaban J connectivity index is 2.25. The summed E-state index contributed by atoms with van der Waals surface area (Å²) in [7, 11) is 0. The monoisotopic (exact) mass is 326 g/mol. The Kier molecular flexibility index (Phi) is 3.80. The third-order valence-electron chi connectivity index (χ3n) is 2.44. The molecule has 6 heteroatoms. The summed E-state index contributed by atoms with van der Waals surface area (Å²) in [4.78, 5) is 12.0. The minimum atomic E-state index is -1.03. The van der Waals surface area contributed by atoms with Gasteiger partial charge in [0.1, 0.15) is 0 Å². The van der Waals surface area contributed by atoms with E-state index >= 15 is 0 Å². The lowest BCUT2D eigenvalue weighted by atomic mass is 10.1. The summed E-state index contributed by atoms with van der Waals surface area (Å²) >= 11 is 3.23. The van der Waals surface area contributed by atoms with Crippen molar-refractivity contribution >= 4 is 33.2 Å². The van der Waals surface area contributed by atoms with Crippen LogP contribution in [-0.4, -0.2) is 5.91 Å². The minimum Gasteiger partial charge on any atom is -0.398 e. The highest BCUT2D eigenvalue weighted by molar-refractivity contribution is 9.10.